The molecule has 0 spiro atoms. The lowest BCUT2D eigenvalue weighted by molar-refractivity contribution is -0.138. The molecular weight excluding hydrogens is 244 g/mol. The number of nitrogens with two attached hydrogens (primary N) is 1. The second-order valence-electron chi connectivity index (χ2n) is 5.63. The average molecular weight is 268 g/mol. The molecule has 1 amide bonds. The van der Waals surface area contributed by atoms with Gasteiger partial charge in [-0.15, -0.1) is 0 Å². The molecule has 2 aliphatic rings. The Balaban J connectivity index is 2.02. The fourth-order valence-electron chi connectivity index (χ4n) is 3.25. The summed E-state index contributed by atoms with van der Waals surface area (Å²) < 4.78 is 0. The van der Waals surface area contributed by atoms with Gasteiger partial charge in [-0.2, -0.15) is 0 Å². The van der Waals surface area contributed by atoms with E-state index in [1.807, 2.05) is 4.90 Å². The SMILES string of the molecule is NC(=S)C1CCCCN1C(=O)C1CCCCCC1. The van der Waals surface area contributed by atoms with Crippen LogP contribution in [-0.4, -0.2) is 28.4 Å². The van der Waals surface area contributed by atoms with Gasteiger partial charge in [0.25, 0.3) is 0 Å². The van der Waals surface area contributed by atoms with Crippen molar-refractivity contribution in [2.75, 3.05) is 6.54 Å². The van der Waals surface area contributed by atoms with Crippen LogP contribution in [0.1, 0.15) is 57.8 Å². The Morgan fingerprint density at radius 2 is 1.61 bits per heavy atom. The fraction of sp³-hybridized carbons (Fsp3) is 0.857. The molecule has 1 saturated heterocycles. The molecule has 4 heteroatoms. The van der Waals surface area contributed by atoms with E-state index in [9.17, 15) is 4.79 Å². The van der Waals surface area contributed by atoms with Gasteiger partial charge in [-0.25, -0.2) is 0 Å². The van der Waals surface area contributed by atoms with Gasteiger partial charge in [-0.05, 0) is 32.1 Å². The number of amides is 1. The first-order chi connectivity index (χ1) is 8.70. The largest absolute Gasteiger partial charge is 0.392 e. The number of carbonyl (C=O) groups excluding carboxylic acids is 1. The number of hydrogen-bond acceptors (Lipinski definition) is 2. The van der Waals surface area contributed by atoms with E-state index in [1.54, 1.807) is 0 Å². The first-order valence-electron chi connectivity index (χ1n) is 7.30. The summed E-state index contributed by atoms with van der Waals surface area (Å²) in [7, 11) is 0. The van der Waals surface area contributed by atoms with Crippen molar-refractivity contribution in [3.05, 3.63) is 0 Å². The molecule has 3 nitrogen and oxygen atoms in total. The van der Waals surface area contributed by atoms with E-state index in [0.717, 1.165) is 38.6 Å². The van der Waals surface area contributed by atoms with Gasteiger partial charge in [-0.1, -0.05) is 37.9 Å². The van der Waals surface area contributed by atoms with Crippen LogP contribution in [0.5, 0.6) is 0 Å². The number of likely N-dealkylation sites (tertiary alicyclic amines) is 1. The van der Waals surface area contributed by atoms with Crippen molar-refractivity contribution in [3.8, 4) is 0 Å². The molecule has 0 aromatic heterocycles. The number of thiocarbonyl (C=S) groups is 1. The van der Waals surface area contributed by atoms with Gasteiger partial charge in [0.1, 0.15) is 0 Å². The Kier molecular flexibility index (Phi) is 4.98. The molecule has 2 fully saturated rings. The summed E-state index contributed by atoms with van der Waals surface area (Å²) in [5.74, 6) is 0.539. The highest BCUT2D eigenvalue weighted by Gasteiger charge is 2.32. The third kappa shape index (κ3) is 3.22. The summed E-state index contributed by atoms with van der Waals surface area (Å²) >= 11 is 5.12. The van der Waals surface area contributed by atoms with Crippen molar-refractivity contribution in [1.82, 2.24) is 4.90 Å². The molecule has 102 valence electrons. The lowest BCUT2D eigenvalue weighted by Crippen LogP contribution is -2.51. The van der Waals surface area contributed by atoms with E-state index in [1.165, 1.54) is 25.7 Å². The zero-order valence-electron chi connectivity index (χ0n) is 11.1. The smallest absolute Gasteiger partial charge is 0.226 e. The lowest BCUT2D eigenvalue weighted by atomic mass is 9.94. The number of rotatable bonds is 2. The van der Waals surface area contributed by atoms with Gasteiger partial charge < -0.3 is 10.6 Å². The Labute approximate surface area is 115 Å². The van der Waals surface area contributed by atoms with Crippen molar-refractivity contribution in [2.45, 2.75) is 63.8 Å². The summed E-state index contributed by atoms with van der Waals surface area (Å²) in [6.45, 7) is 0.845. The van der Waals surface area contributed by atoms with Crippen molar-refractivity contribution in [3.63, 3.8) is 0 Å². The van der Waals surface area contributed by atoms with Gasteiger partial charge in [-0.3, -0.25) is 4.79 Å². The van der Waals surface area contributed by atoms with Gasteiger partial charge >= 0.3 is 0 Å². The molecule has 0 radical (unpaired) electrons. The molecule has 2 N–H and O–H groups in total. The zero-order valence-corrected chi connectivity index (χ0v) is 11.9. The summed E-state index contributed by atoms with van der Waals surface area (Å²) in [4.78, 5) is 15.1. The van der Waals surface area contributed by atoms with Crippen LogP contribution in [0.2, 0.25) is 0 Å². The molecule has 1 aliphatic heterocycles. The van der Waals surface area contributed by atoms with Crippen LogP contribution in [0.4, 0.5) is 0 Å². The molecule has 1 atom stereocenters. The van der Waals surface area contributed by atoms with Crippen LogP contribution in [0, 0.1) is 5.92 Å². The van der Waals surface area contributed by atoms with Crippen LogP contribution in [-0.2, 0) is 4.79 Å². The molecule has 18 heavy (non-hydrogen) atoms. The predicted molar refractivity (Wildman–Crippen MR) is 77.3 cm³/mol. The second-order valence-corrected chi connectivity index (χ2v) is 6.11. The maximum Gasteiger partial charge on any atom is 0.226 e. The van der Waals surface area contributed by atoms with E-state index in [4.69, 9.17) is 18.0 Å². The van der Waals surface area contributed by atoms with Crippen molar-refractivity contribution in [2.24, 2.45) is 11.7 Å². The highest BCUT2D eigenvalue weighted by atomic mass is 32.1. The van der Waals surface area contributed by atoms with Gasteiger partial charge in [0.15, 0.2) is 0 Å². The molecule has 1 aliphatic carbocycles. The maximum absolute atomic E-state index is 12.6. The number of nitrogens with zero attached hydrogens (tertiary/aromatic N) is 1. The minimum atomic E-state index is 0.0181. The minimum absolute atomic E-state index is 0.0181. The highest BCUT2D eigenvalue weighted by molar-refractivity contribution is 7.80. The van der Waals surface area contributed by atoms with E-state index in [-0.39, 0.29) is 12.0 Å². The molecule has 1 saturated carbocycles. The van der Waals surface area contributed by atoms with Gasteiger partial charge in [0.2, 0.25) is 5.91 Å². The fourth-order valence-corrected chi connectivity index (χ4v) is 3.50. The average Bonchev–Trinajstić information content (AvgIpc) is 2.66. The first-order valence-corrected chi connectivity index (χ1v) is 7.71. The summed E-state index contributed by atoms with van der Waals surface area (Å²) in [5, 5.41) is 0. The lowest BCUT2D eigenvalue weighted by Gasteiger charge is -2.37. The topological polar surface area (TPSA) is 46.3 Å². The Morgan fingerprint density at radius 3 is 2.22 bits per heavy atom. The normalized spacial score (nSPS) is 26.7. The Bertz CT molecular complexity index is 311. The van der Waals surface area contributed by atoms with E-state index < -0.39 is 0 Å². The molecule has 1 unspecified atom stereocenters. The molecule has 2 rings (SSSR count). The van der Waals surface area contributed by atoms with E-state index in [2.05, 4.69) is 0 Å². The summed E-state index contributed by atoms with van der Waals surface area (Å²) in [6.07, 6.45) is 10.2. The van der Waals surface area contributed by atoms with E-state index in [0.29, 0.717) is 10.9 Å². The van der Waals surface area contributed by atoms with Gasteiger partial charge in [0.05, 0.1) is 11.0 Å². The number of piperidine rings is 1. The second kappa shape index (κ2) is 6.50. The maximum atomic E-state index is 12.6. The zero-order chi connectivity index (χ0) is 13.0. The summed E-state index contributed by atoms with van der Waals surface area (Å²) in [5.41, 5.74) is 5.79. The molecule has 0 aromatic rings. The van der Waals surface area contributed by atoms with Crippen molar-refractivity contribution < 1.29 is 4.79 Å². The third-order valence-electron chi connectivity index (χ3n) is 4.32. The predicted octanol–water partition coefficient (Wildman–Crippen LogP) is 2.62. The number of hydrogen-bond donors (Lipinski definition) is 1. The van der Waals surface area contributed by atoms with Crippen molar-refractivity contribution in [1.29, 1.82) is 0 Å². The first kappa shape index (κ1) is 13.8. The standard InChI is InChI=1S/C14H24N2OS/c15-13(18)12-9-5-6-10-16(12)14(17)11-7-3-1-2-4-8-11/h11-12H,1-10H2,(H2,15,18). The Morgan fingerprint density at radius 1 is 1.00 bits per heavy atom. The quantitative estimate of drug-likeness (QED) is 0.618. The van der Waals surface area contributed by atoms with Crippen LogP contribution in [0.15, 0.2) is 0 Å². The molecule has 0 aromatic carbocycles. The molecular formula is C14H24N2OS. The number of carbonyl (C=O) groups is 1. The van der Waals surface area contributed by atoms with E-state index >= 15 is 0 Å². The monoisotopic (exact) mass is 268 g/mol. The molecule has 1 heterocycles. The third-order valence-corrected chi connectivity index (χ3v) is 4.59. The minimum Gasteiger partial charge on any atom is -0.392 e. The van der Waals surface area contributed by atoms with Crippen LogP contribution < -0.4 is 5.73 Å². The Hall–Kier alpha value is -0.640. The van der Waals surface area contributed by atoms with Crippen LogP contribution in [0.25, 0.3) is 0 Å². The van der Waals surface area contributed by atoms with Crippen LogP contribution >= 0.6 is 12.2 Å². The van der Waals surface area contributed by atoms with Crippen molar-refractivity contribution >= 4 is 23.1 Å². The highest BCUT2D eigenvalue weighted by Crippen LogP contribution is 2.27. The van der Waals surface area contributed by atoms with Crippen LogP contribution in [0.3, 0.4) is 0 Å². The molecule has 0 bridgehead atoms. The van der Waals surface area contributed by atoms with Gasteiger partial charge in [0, 0.05) is 12.5 Å². The summed E-state index contributed by atoms with van der Waals surface area (Å²) in [6, 6.07) is 0.0181.